The molecule has 1 N–H and O–H groups in total. The zero-order chi connectivity index (χ0) is 11.1. The summed E-state index contributed by atoms with van der Waals surface area (Å²) >= 11 is 1.67. The number of hydrogen-bond donors (Lipinski definition) is 1. The van der Waals surface area contributed by atoms with Crippen LogP contribution < -0.4 is 0 Å². The Balaban J connectivity index is 2.89. The van der Waals surface area contributed by atoms with Crippen LogP contribution in [-0.4, -0.2) is 17.7 Å². The van der Waals surface area contributed by atoms with Gasteiger partial charge >= 0.3 is 0 Å². The fraction of sp³-hybridized carbons (Fsp3) is 0.417. The minimum absolute atomic E-state index is 0.999. The Kier molecular flexibility index (Phi) is 5.26. The van der Waals surface area contributed by atoms with Crippen LogP contribution in [0.5, 0.6) is 0 Å². The molecule has 0 aromatic heterocycles. The Morgan fingerprint density at radius 3 is 2.87 bits per heavy atom. The first-order valence-corrected chi connectivity index (χ1v) is 6.38. The third-order valence-corrected chi connectivity index (χ3v) is 3.12. The van der Waals surface area contributed by atoms with Gasteiger partial charge in [-0.2, -0.15) is 0 Å². The van der Waals surface area contributed by atoms with E-state index >= 15 is 0 Å². The molecule has 15 heavy (non-hydrogen) atoms. The molecule has 0 spiro atoms. The summed E-state index contributed by atoms with van der Waals surface area (Å²) in [6.07, 6.45) is 7.02. The van der Waals surface area contributed by atoms with E-state index in [0.717, 1.165) is 16.9 Å². The summed E-state index contributed by atoms with van der Waals surface area (Å²) in [5.74, 6) is 0. The summed E-state index contributed by atoms with van der Waals surface area (Å²) in [5, 5.41) is 11.7. The van der Waals surface area contributed by atoms with Crippen molar-refractivity contribution < 1.29 is 5.21 Å². The first kappa shape index (κ1) is 12.1. The zero-order valence-corrected chi connectivity index (χ0v) is 10.0. The van der Waals surface area contributed by atoms with Crippen LogP contribution in [0.4, 0.5) is 0 Å². The highest BCUT2D eigenvalue weighted by atomic mass is 32.2. The molecule has 1 rings (SSSR count). The molecule has 1 aromatic rings. The molecule has 0 fully saturated rings. The molecular weight excluding hydrogens is 206 g/mol. The quantitative estimate of drug-likeness (QED) is 0.358. The van der Waals surface area contributed by atoms with Gasteiger partial charge in [-0.3, -0.25) is 0 Å². The van der Waals surface area contributed by atoms with Gasteiger partial charge < -0.3 is 5.21 Å². The molecule has 3 heteroatoms. The SMILES string of the molecule is CCCCc1ccc(SC)c(/C=N/O)c1. The van der Waals surface area contributed by atoms with Crippen LogP contribution in [0.25, 0.3) is 0 Å². The summed E-state index contributed by atoms with van der Waals surface area (Å²) in [6.45, 7) is 2.19. The summed E-state index contributed by atoms with van der Waals surface area (Å²) in [6, 6.07) is 6.34. The van der Waals surface area contributed by atoms with E-state index in [1.54, 1.807) is 11.8 Å². The normalized spacial score (nSPS) is 11.1. The van der Waals surface area contributed by atoms with E-state index in [2.05, 4.69) is 30.3 Å². The maximum Gasteiger partial charge on any atom is 0.0745 e. The lowest BCUT2D eigenvalue weighted by atomic mass is 10.1. The molecule has 0 heterocycles. The molecule has 0 saturated heterocycles. The average molecular weight is 223 g/mol. The maximum atomic E-state index is 8.57. The van der Waals surface area contributed by atoms with Crippen molar-refractivity contribution in [3.8, 4) is 0 Å². The Bertz CT molecular complexity index is 336. The van der Waals surface area contributed by atoms with Crippen LogP contribution in [0.3, 0.4) is 0 Å². The topological polar surface area (TPSA) is 32.6 Å². The van der Waals surface area contributed by atoms with Crippen LogP contribution in [-0.2, 0) is 6.42 Å². The Hall–Kier alpha value is -0.960. The van der Waals surface area contributed by atoms with Crippen molar-refractivity contribution in [2.75, 3.05) is 6.26 Å². The van der Waals surface area contributed by atoms with Crippen LogP contribution in [0.2, 0.25) is 0 Å². The van der Waals surface area contributed by atoms with Crippen molar-refractivity contribution in [2.24, 2.45) is 5.16 Å². The van der Waals surface area contributed by atoms with Gasteiger partial charge in [-0.15, -0.1) is 11.8 Å². The van der Waals surface area contributed by atoms with E-state index in [-0.39, 0.29) is 0 Å². The Labute approximate surface area is 95.4 Å². The lowest BCUT2D eigenvalue weighted by Crippen LogP contribution is -1.91. The molecule has 1 aromatic carbocycles. The molecule has 2 nitrogen and oxygen atoms in total. The molecule has 0 radical (unpaired) electrons. The van der Waals surface area contributed by atoms with Gasteiger partial charge in [0.25, 0.3) is 0 Å². The highest BCUT2D eigenvalue weighted by Crippen LogP contribution is 2.21. The number of rotatable bonds is 5. The van der Waals surface area contributed by atoms with Crippen molar-refractivity contribution in [3.63, 3.8) is 0 Å². The lowest BCUT2D eigenvalue weighted by molar-refractivity contribution is 0.322. The fourth-order valence-corrected chi connectivity index (χ4v) is 2.03. The second kappa shape index (κ2) is 6.51. The standard InChI is InChI=1S/C12H17NOS/c1-3-4-5-10-6-7-12(15-2)11(8-10)9-13-14/h6-9,14H,3-5H2,1-2H3/b13-9+. The number of benzene rings is 1. The zero-order valence-electron chi connectivity index (χ0n) is 9.23. The second-order valence-corrected chi connectivity index (χ2v) is 4.27. The van der Waals surface area contributed by atoms with Gasteiger partial charge in [-0.05, 0) is 36.8 Å². The smallest absolute Gasteiger partial charge is 0.0745 e. The molecule has 0 amide bonds. The van der Waals surface area contributed by atoms with E-state index in [9.17, 15) is 0 Å². The predicted octanol–water partition coefficient (Wildman–Crippen LogP) is 3.56. The van der Waals surface area contributed by atoms with Gasteiger partial charge in [-0.1, -0.05) is 24.6 Å². The lowest BCUT2D eigenvalue weighted by Gasteiger charge is -2.05. The predicted molar refractivity (Wildman–Crippen MR) is 66.2 cm³/mol. The van der Waals surface area contributed by atoms with E-state index in [0.29, 0.717) is 0 Å². The van der Waals surface area contributed by atoms with Crippen LogP contribution >= 0.6 is 11.8 Å². The van der Waals surface area contributed by atoms with Gasteiger partial charge in [0.2, 0.25) is 0 Å². The summed E-state index contributed by atoms with van der Waals surface area (Å²) < 4.78 is 0. The number of thioether (sulfide) groups is 1. The van der Waals surface area contributed by atoms with E-state index in [1.807, 2.05) is 6.26 Å². The minimum Gasteiger partial charge on any atom is -0.411 e. The van der Waals surface area contributed by atoms with Crippen molar-refractivity contribution in [2.45, 2.75) is 31.1 Å². The third-order valence-electron chi connectivity index (χ3n) is 2.31. The van der Waals surface area contributed by atoms with Crippen molar-refractivity contribution in [1.82, 2.24) is 0 Å². The fourth-order valence-electron chi connectivity index (χ4n) is 1.48. The maximum absolute atomic E-state index is 8.57. The molecular formula is C12H17NOS. The molecule has 0 aliphatic rings. The molecule has 82 valence electrons. The van der Waals surface area contributed by atoms with Gasteiger partial charge in [0.05, 0.1) is 6.21 Å². The first-order chi connectivity index (χ1) is 7.31. The molecule has 0 unspecified atom stereocenters. The molecule has 0 saturated carbocycles. The van der Waals surface area contributed by atoms with E-state index in [1.165, 1.54) is 24.6 Å². The van der Waals surface area contributed by atoms with Gasteiger partial charge in [0.15, 0.2) is 0 Å². The van der Waals surface area contributed by atoms with Crippen LogP contribution in [0.15, 0.2) is 28.3 Å². The van der Waals surface area contributed by atoms with E-state index in [4.69, 9.17) is 5.21 Å². The highest BCUT2D eigenvalue weighted by Gasteiger charge is 2.01. The Morgan fingerprint density at radius 2 is 2.27 bits per heavy atom. The molecule has 0 bridgehead atoms. The van der Waals surface area contributed by atoms with Crippen LogP contribution in [0.1, 0.15) is 30.9 Å². The largest absolute Gasteiger partial charge is 0.411 e. The van der Waals surface area contributed by atoms with Gasteiger partial charge in [-0.25, -0.2) is 0 Å². The van der Waals surface area contributed by atoms with Crippen molar-refractivity contribution in [3.05, 3.63) is 29.3 Å². The van der Waals surface area contributed by atoms with E-state index < -0.39 is 0 Å². The van der Waals surface area contributed by atoms with Crippen molar-refractivity contribution in [1.29, 1.82) is 0 Å². The molecule has 0 atom stereocenters. The van der Waals surface area contributed by atoms with Crippen molar-refractivity contribution >= 4 is 18.0 Å². The highest BCUT2D eigenvalue weighted by molar-refractivity contribution is 7.98. The number of hydrogen-bond acceptors (Lipinski definition) is 3. The minimum atomic E-state index is 0.999. The first-order valence-electron chi connectivity index (χ1n) is 5.16. The summed E-state index contributed by atoms with van der Waals surface area (Å²) in [4.78, 5) is 1.15. The summed E-state index contributed by atoms with van der Waals surface area (Å²) in [5.41, 5.74) is 2.31. The average Bonchev–Trinajstić information content (AvgIpc) is 2.27. The number of unbranched alkanes of at least 4 members (excludes halogenated alkanes) is 1. The number of oxime groups is 1. The van der Waals surface area contributed by atoms with Gasteiger partial charge in [0.1, 0.15) is 0 Å². The molecule has 0 aliphatic carbocycles. The monoisotopic (exact) mass is 223 g/mol. The summed E-state index contributed by atoms with van der Waals surface area (Å²) in [7, 11) is 0. The van der Waals surface area contributed by atoms with Crippen LogP contribution in [0, 0.1) is 0 Å². The third kappa shape index (κ3) is 3.59. The molecule has 0 aliphatic heterocycles. The Morgan fingerprint density at radius 1 is 1.47 bits per heavy atom. The second-order valence-electron chi connectivity index (χ2n) is 3.42. The van der Waals surface area contributed by atoms with Gasteiger partial charge in [0, 0.05) is 10.5 Å². The number of nitrogens with zero attached hydrogens (tertiary/aromatic N) is 1. The number of aryl methyl sites for hydroxylation is 1.